The van der Waals surface area contributed by atoms with Gasteiger partial charge >= 0.3 is 168 Å². The van der Waals surface area contributed by atoms with E-state index in [4.69, 9.17) is 0 Å². The van der Waals surface area contributed by atoms with Crippen molar-refractivity contribution in [1.29, 1.82) is 0 Å². The van der Waals surface area contributed by atoms with Gasteiger partial charge in [0.15, 0.2) is 0 Å². The van der Waals surface area contributed by atoms with Crippen molar-refractivity contribution in [3.63, 3.8) is 0 Å². The quantitative estimate of drug-likeness (QED) is 0.291. The van der Waals surface area contributed by atoms with E-state index in [1.165, 1.54) is 62.6 Å². The second kappa shape index (κ2) is 11.5. The van der Waals surface area contributed by atoms with Gasteiger partial charge in [-0.25, -0.2) is 0 Å². The molecule has 0 bridgehead atoms. The van der Waals surface area contributed by atoms with Gasteiger partial charge in [-0.15, -0.1) is 0 Å². The number of rotatable bonds is 12. The summed E-state index contributed by atoms with van der Waals surface area (Å²) in [4.78, 5) is 1.05. The van der Waals surface area contributed by atoms with Crippen molar-refractivity contribution < 1.29 is 4.21 Å². The first-order valence-electron chi connectivity index (χ1n) is 10.5. The first kappa shape index (κ1) is 21.9. The number of hydrogen-bond acceptors (Lipinski definition) is 1. The molecule has 0 radical (unpaired) electrons. The Morgan fingerprint density at radius 3 is 1.85 bits per heavy atom. The maximum absolute atomic E-state index is 13.4. The fraction of sp³-hybridized carbons (Fsp3) is 0.565. The molecule has 0 saturated carbocycles. The Bertz CT molecular complexity index is 676. The van der Waals surface area contributed by atoms with Crippen molar-refractivity contribution in [2.45, 2.75) is 77.5 Å². The number of benzene rings is 2. The van der Waals surface area contributed by atoms with Crippen molar-refractivity contribution in [3.8, 4) is 0 Å². The minimum atomic E-state index is -2.35. The Kier molecular flexibility index (Phi) is 9.69. The first-order chi connectivity index (χ1) is 12.6. The predicted molar refractivity (Wildman–Crippen MR) is 120 cm³/mol. The van der Waals surface area contributed by atoms with Crippen LogP contribution in [-0.4, -0.2) is 26.4 Å². The zero-order chi connectivity index (χ0) is 18.8. The van der Waals surface area contributed by atoms with Crippen LogP contribution >= 0.6 is 0 Å². The molecule has 2 aromatic carbocycles. The molecule has 26 heavy (non-hydrogen) atoms. The molecule has 0 fully saturated rings. The molecule has 0 saturated heterocycles. The number of hydrogen-bond donors (Lipinski definition) is 0. The van der Waals surface area contributed by atoms with E-state index < -0.39 is 29.2 Å². The van der Waals surface area contributed by atoms with Crippen LogP contribution in [0.2, 0.25) is 13.3 Å². The Morgan fingerprint density at radius 1 is 0.769 bits per heavy atom. The van der Waals surface area contributed by atoms with Gasteiger partial charge in [0, 0.05) is 0 Å². The Hall–Kier alpha value is -0.351. The van der Waals surface area contributed by atoms with Gasteiger partial charge in [-0.2, -0.15) is 0 Å². The summed E-state index contributed by atoms with van der Waals surface area (Å²) in [5.74, 6) is 0. The predicted octanol–water partition coefficient (Wildman–Crippen LogP) is 7.34. The second-order valence-corrected chi connectivity index (χ2v) is 24.6. The second-order valence-electron chi connectivity index (χ2n) is 7.81. The van der Waals surface area contributed by atoms with Crippen LogP contribution in [0.3, 0.4) is 0 Å². The summed E-state index contributed by atoms with van der Waals surface area (Å²) >= 11 is -2.35. The Morgan fingerprint density at radius 2 is 1.31 bits per heavy atom. The van der Waals surface area contributed by atoms with E-state index in [1.54, 1.807) is 0 Å². The summed E-state index contributed by atoms with van der Waals surface area (Å²) in [6.45, 7) is 6.91. The third kappa shape index (κ3) is 6.37. The molecule has 0 amide bonds. The van der Waals surface area contributed by atoms with E-state index in [9.17, 15) is 4.21 Å². The van der Waals surface area contributed by atoms with Gasteiger partial charge in [0.25, 0.3) is 0 Å². The minimum absolute atomic E-state index is 0.826. The molecule has 0 aliphatic heterocycles. The number of fused-ring (bicyclic) bond motifs is 1. The molecular weight excluding hydrogens is 443 g/mol. The molecule has 0 heterocycles. The van der Waals surface area contributed by atoms with Crippen LogP contribution < -0.4 is 0 Å². The van der Waals surface area contributed by atoms with Crippen molar-refractivity contribution >= 4 is 39.9 Å². The Labute approximate surface area is 167 Å². The van der Waals surface area contributed by atoms with Gasteiger partial charge in [-0.1, -0.05) is 0 Å². The van der Waals surface area contributed by atoms with Crippen LogP contribution in [-0.2, 0) is 10.8 Å². The standard InChI is InChI=1S/C11H9OS.3C4H9.Sn/c1-13(12)11-7-6-9-4-2-3-5-10(9)8-11;3*1-3-4-2;/h2-8H,1H2;3*1,3-4H2,2H3;. The van der Waals surface area contributed by atoms with Gasteiger partial charge < -0.3 is 0 Å². The summed E-state index contributed by atoms with van der Waals surface area (Å²) in [7, 11) is -0.826. The van der Waals surface area contributed by atoms with Crippen molar-refractivity contribution in [2.75, 3.05) is 3.77 Å². The van der Waals surface area contributed by atoms with Gasteiger partial charge in [-0.05, 0) is 0 Å². The average molecular weight is 479 g/mol. The summed E-state index contributed by atoms with van der Waals surface area (Å²) in [5.41, 5.74) is 0. The van der Waals surface area contributed by atoms with Gasteiger partial charge in [0.1, 0.15) is 0 Å². The molecule has 144 valence electrons. The summed E-state index contributed by atoms with van der Waals surface area (Å²) in [6.07, 6.45) is 7.87. The van der Waals surface area contributed by atoms with Crippen LogP contribution in [0, 0.1) is 0 Å². The van der Waals surface area contributed by atoms with Crippen LogP contribution in [0.1, 0.15) is 59.3 Å². The Balaban J connectivity index is 2.23. The van der Waals surface area contributed by atoms with Crippen LogP contribution in [0.4, 0.5) is 0 Å². The maximum atomic E-state index is 13.4. The van der Waals surface area contributed by atoms with E-state index in [1.807, 2.05) is 0 Å². The summed E-state index contributed by atoms with van der Waals surface area (Å²) in [5, 5.41) is 2.46. The fourth-order valence-corrected chi connectivity index (χ4v) is 27.0. The van der Waals surface area contributed by atoms with Gasteiger partial charge in [0.2, 0.25) is 0 Å². The zero-order valence-corrected chi connectivity index (χ0v) is 20.6. The van der Waals surface area contributed by atoms with E-state index >= 15 is 0 Å². The van der Waals surface area contributed by atoms with Crippen molar-refractivity contribution in [2.24, 2.45) is 0 Å². The van der Waals surface area contributed by atoms with Crippen molar-refractivity contribution in [1.82, 2.24) is 0 Å². The molecule has 2 rings (SSSR count). The molecule has 0 aliphatic rings. The molecule has 1 unspecified atom stereocenters. The van der Waals surface area contributed by atoms with Crippen LogP contribution in [0.25, 0.3) is 10.8 Å². The fourth-order valence-electron chi connectivity index (χ4n) is 3.92. The first-order valence-corrected chi connectivity index (χ1v) is 19.9. The van der Waals surface area contributed by atoms with Crippen LogP contribution in [0.15, 0.2) is 47.4 Å². The molecule has 0 aromatic heterocycles. The van der Waals surface area contributed by atoms with E-state index in [0.29, 0.717) is 0 Å². The zero-order valence-electron chi connectivity index (χ0n) is 16.9. The van der Waals surface area contributed by atoms with E-state index in [0.717, 1.165) is 8.66 Å². The molecule has 0 spiro atoms. The SMILES string of the molecule is CCC[CH2][Sn]([CH2]CCC)([CH2]CCC)[CH2]S(=O)c1ccc2ccccc2c1. The molecule has 2 aromatic rings. The van der Waals surface area contributed by atoms with E-state index in [2.05, 4.69) is 63.2 Å². The molecule has 3 heteroatoms. The molecule has 1 nitrogen and oxygen atoms in total. The summed E-state index contributed by atoms with van der Waals surface area (Å²) in [6, 6.07) is 14.8. The average Bonchev–Trinajstić information content (AvgIpc) is 2.68. The molecule has 0 N–H and O–H groups in total. The number of unbranched alkanes of at least 4 members (excludes halogenated alkanes) is 3. The third-order valence-corrected chi connectivity index (χ3v) is 26.9. The molecule has 0 aliphatic carbocycles. The van der Waals surface area contributed by atoms with Crippen molar-refractivity contribution in [3.05, 3.63) is 42.5 Å². The monoisotopic (exact) mass is 480 g/mol. The third-order valence-electron chi connectivity index (χ3n) is 5.60. The molecular formula is C23H36OSSn. The van der Waals surface area contributed by atoms with Crippen LogP contribution in [0.5, 0.6) is 0 Å². The van der Waals surface area contributed by atoms with E-state index in [-0.39, 0.29) is 0 Å². The van der Waals surface area contributed by atoms with Gasteiger partial charge in [-0.3, -0.25) is 0 Å². The summed E-state index contributed by atoms with van der Waals surface area (Å²) < 4.78 is 18.7. The van der Waals surface area contributed by atoms with Gasteiger partial charge in [0.05, 0.1) is 0 Å². The topological polar surface area (TPSA) is 17.1 Å². The molecule has 1 atom stereocenters. The normalized spacial score (nSPS) is 13.2.